The van der Waals surface area contributed by atoms with Crippen molar-refractivity contribution in [2.24, 2.45) is 0 Å². The number of halogens is 1. The first-order chi connectivity index (χ1) is 17.4. The van der Waals surface area contributed by atoms with Crippen LogP contribution < -0.4 is 15.4 Å². The Kier molecular flexibility index (Phi) is 6.16. The highest BCUT2D eigenvalue weighted by Gasteiger charge is 2.19. The van der Waals surface area contributed by atoms with E-state index in [0.717, 1.165) is 11.1 Å². The average Bonchev–Trinajstić information content (AvgIpc) is 3.35. The zero-order valence-electron chi connectivity index (χ0n) is 19.4. The number of Topliss-reactive ketones (excluding diaryl/α,β-unsaturated/α-hetero) is 1. The maximum absolute atomic E-state index is 13.8. The normalized spacial score (nSPS) is 12.7. The Morgan fingerprint density at radius 2 is 1.78 bits per heavy atom. The summed E-state index contributed by atoms with van der Waals surface area (Å²) in [5, 5.41) is 9.65. The fourth-order valence-corrected chi connectivity index (χ4v) is 3.93. The van der Waals surface area contributed by atoms with Gasteiger partial charge >= 0.3 is 0 Å². The smallest absolute Gasteiger partial charge is 0.270 e. The van der Waals surface area contributed by atoms with E-state index in [1.165, 1.54) is 22.8 Å². The second-order valence-electron chi connectivity index (χ2n) is 8.52. The summed E-state index contributed by atoms with van der Waals surface area (Å²) in [7, 11) is 0. The van der Waals surface area contributed by atoms with Gasteiger partial charge in [0.1, 0.15) is 29.6 Å². The molecule has 0 aliphatic carbocycles. The SMILES string of the molecule is Cc1ccc(CNC(=O)c2cc(C(=O)NCc3ccc4c(c3)CC(=O)CO4)nc3ccnn23)cc1F. The average molecular weight is 487 g/mol. The van der Waals surface area contributed by atoms with Gasteiger partial charge in [-0.05, 0) is 41.8 Å². The highest BCUT2D eigenvalue weighted by Crippen LogP contribution is 2.24. The number of ether oxygens (including phenoxy) is 1. The topological polar surface area (TPSA) is 115 Å². The van der Waals surface area contributed by atoms with Crippen molar-refractivity contribution in [3.8, 4) is 5.75 Å². The van der Waals surface area contributed by atoms with Gasteiger partial charge in [0, 0.05) is 37.2 Å². The van der Waals surface area contributed by atoms with Crippen molar-refractivity contribution in [3.63, 3.8) is 0 Å². The Labute approximate surface area is 205 Å². The standard InChI is InChI=1S/C26H22FN5O4/c1-15-2-3-17(9-20(15)27)13-29-26(35)22-11-21(31-24-6-7-30-32(22)24)25(34)28-12-16-4-5-23-18(8-16)10-19(33)14-36-23/h2-9,11H,10,12-14H2,1H3,(H,28,34)(H,29,35). The number of aryl methyl sites for hydroxylation is 1. The minimum absolute atomic E-state index is 0.000291. The molecule has 2 aromatic heterocycles. The lowest BCUT2D eigenvalue weighted by Crippen LogP contribution is -2.28. The first kappa shape index (κ1) is 23.2. The fraction of sp³-hybridized carbons (Fsp3) is 0.192. The Hall–Kier alpha value is -4.60. The second kappa shape index (κ2) is 9.57. The van der Waals surface area contributed by atoms with Crippen LogP contribution in [0, 0.1) is 12.7 Å². The third-order valence-corrected chi connectivity index (χ3v) is 5.87. The molecule has 0 saturated heterocycles. The quantitative estimate of drug-likeness (QED) is 0.432. The number of benzene rings is 2. The van der Waals surface area contributed by atoms with E-state index in [4.69, 9.17) is 4.74 Å². The highest BCUT2D eigenvalue weighted by molar-refractivity contribution is 5.98. The molecule has 0 radical (unpaired) electrons. The number of fused-ring (bicyclic) bond motifs is 2. The molecular formula is C26H22FN5O4. The van der Waals surface area contributed by atoms with E-state index in [2.05, 4.69) is 20.7 Å². The van der Waals surface area contributed by atoms with Gasteiger partial charge in [-0.3, -0.25) is 14.4 Å². The van der Waals surface area contributed by atoms with Gasteiger partial charge in [-0.15, -0.1) is 0 Å². The summed E-state index contributed by atoms with van der Waals surface area (Å²) in [5.41, 5.74) is 3.20. The molecule has 36 heavy (non-hydrogen) atoms. The van der Waals surface area contributed by atoms with Crippen molar-refractivity contribution in [2.45, 2.75) is 26.4 Å². The molecule has 0 atom stereocenters. The molecule has 1 aliphatic rings. The number of hydrogen-bond donors (Lipinski definition) is 2. The van der Waals surface area contributed by atoms with Crippen LogP contribution in [0.1, 0.15) is 43.2 Å². The lowest BCUT2D eigenvalue weighted by atomic mass is 10.0. The van der Waals surface area contributed by atoms with E-state index < -0.39 is 11.8 Å². The van der Waals surface area contributed by atoms with Crippen molar-refractivity contribution in [3.05, 3.63) is 94.2 Å². The lowest BCUT2D eigenvalue weighted by molar-refractivity contribution is -0.121. The maximum Gasteiger partial charge on any atom is 0.270 e. The molecule has 2 amide bonds. The van der Waals surface area contributed by atoms with E-state index in [1.54, 1.807) is 31.2 Å². The van der Waals surface area contributed by atoms with Crippen LogP contribution >= 0.6 is 0 Å². The molecule has 1 aliphatic heterocycles. The van der Waals surface area contributed by atoms with Gasteiger partial charge in [0.05, 0.1) is 6.20 Å². The van der Waals surface area contributed by atoms with Crippen LogP contribution in [0.25, 0.3) is 5.65 Å². The Balaban J connectivity index is 1.31. The molecule has 4 aromatic rings. The van der Waals surface area contributed by atoms with Gasteiger partial charge < -0.3 is 15.4 Å². The van der Waals surface area contributed by atoms with E-state index in [9.17, 15) is 18.8 Å². The zero-order chi connectivity index (χ0) is 25.2. The number of rotatable bonds is 6. The molecule has 5 rings (SSSR count). The molecule has 3 heterocycles. The Morgan fingerprint density at radius 3 is 2.58 bits per heavy atom. The molecule has 0 unspecified atom stereocenters. The number of nitrogens with zero attached hydrogens (tertiary/aromatic N) is 3. The van der Waals surface area contributed by atoms with Gasteiger partial charge in [-0.25, -0.2) is 13.9 Å². The first-order valence-electron chi connectivity index (χ1n) is 11.3. The predicted octanol–water partition coefficient (Wildman–Crippen LogP) is 2.54. The molecule has 0 saturated carbocycles. The molecule has 0 fully saturated rings. The number of hydrogen-bond acceptors (Lipinski definition) is 6. The summed E-state index contributed by atoms with van der Waals surface area (Å²) in [5.74, 6) is -0.641. The minimum Gasteiger partial charge on any atom is -0.486 e. The molecule has 182 valence electrons. The van der Waals surface area contributed by atoms with Crippen LogP contribution in [0.5, 0.6) is 5.75 Å². The van der Waals surface area contributed by atoms with Gasteiger partial charge in [0.2, 0.25) is 0 Å². The van der Waals surface area contributed by atoms with Gasteiger partial charge in [-0.1, -0.05) is 18.2 Å². The van der Waals surface area contributed by atoms with Gasteiger partial charge in [0.15, 0.2) is 11.4 Å². The van der Waals surface area contributed by atoms with Crippen LogP contribution in [-0.4, -0.2) is 38.8 Å². The van der Waals surface area contributed by atoms with Crippen molar-refractivity contribution in [1.29, 1.82) is 0 Å². The van der Waals surface area contributed by atoms with Crippen LogP contribution in [0.15, 0.2) is 54.7 Å². The summed E-state index contributed by atoms with van der Waals surface area (Å²) < 4.78 is 20.6. The molecule has 0 bridgehead atoms. The van der Waals surface area contributed by atoms with Crippen molar-refractivity contribution in [2.75, 3.05) is 6.61 Å². The summed E-state index contributed by atoms with van der Waals surface area (Å²) in [6.07, 6.45) is 1.77. The Morgan fingerprint density at radius 1 is 1.03 bits per heavy atom. The number of nitrogens with one attached hydrogen (secondary N) is 2. The number of aromatic nitrogens is 3. The molecule has 2 aromatic carbocycles. The van der Waals surface area contributed by atoms with Crippen LogP contribution in [-0.2, 0) is 24.3 Å². The Bertz CT molecular complexity index is 1510. The van der Waals surface area contributed by atoms with Crippen molar-refractivity contribution < 1.29 is 23.5 Å². The monoisotopic (exact) mass is 487 g/mol. The maximum atomic E-state index is 13.8. The predicted molar refractivity (Wildman–Crippen MR) is 127 cm³/mol. The van der Waals surface area contributed by atoms with Gasteiger partial charge in [0.25, 0.3) is 11.8 Å². The minimum atomic E-state index is -0.486. The largest absolute Gasteiger partial charge is 0.486 e. The zero-order valence-corrected chi connectivity index (χ0v) is 19.4. The van der Waals surface area contributed by atoms with E-state index in [1.807, 2.05) is 12.1 Å². The van der Waals surface area contributed by atoms with Crippen molar-refractivity contribution >= 4 is 23.2 Å². The van der Waals surface area contributed by atoms with E-state index in [-0.39, 0.29) is 42.7 Å². The third kappa shape index (κ3) is 4.78. The summed E-state index contributed by atoms with van der Waals surface area (Å²) in [6.45, 7) is 2.04. The van der Waals surface area contributed by atoms with E-state index in [0.29, 0.717) is 28.9 Å². The summed E-state index contributed by atoms with van der Waals surface area (Å²) >= 11 is 0. The second-order valence-corrected chi connectivity index (χ2v) is 8.52. The van der Waals surface area contributed by atoms with Crippen LogP contribution in [0.2, 0.25) is 0 Å². The number of amides is 2. The highest BCUT2D eigenvalue weighted by atomic mass is 19.1. The molecule has 0 spiro atoms. The molecule has 10 heteroatoms. The first-order valence-corrected chi connectivity index (χ1v) is 11.3. The van der Waals surface area contributed by atoms with E-state index >= 15 is 0 Å². The summed E-state index contributed by atoms with van der Waals surface area (Å²) in [6, 6.07) is 13.1. The number of ketones is 1. The third-order valence-electron chi connectivity index (χ3n) is 5.87. The fourth-order valence-electron chi connectivity index (χ4n) is 3.93. The number of carbonyl (C=O) groups excluding carboxylic acids is 3. The molecule has 2 N–H and O–H groups in total. The lowest BCUT2D eigenvalue weighted by Gasteiger charge is -2.17. The number of carbonyl (C=O) groups is 3. The van der Waals surface area contributed by atoms with Crippen LogP contribution in [0.4, 0.5) is 4.39 Å². The van der Waals surface area contributed by atoms with Crippen LogP contribution in [0.3, 0.4) is 0 Å². The molecular weight excluding hydrogens is 465 g/mol. The summed E-state index contributed by atoms with van der Waals surface area (Å²) in [4.78, 5) is 41.8. The van der Waals surface area contributed by atoms with Crippen molar-refractivity contribution in [1.82, 2.24) is 25.2 Å². The van der Waals surface area contributed by atoms with Gasteiger partial charge in [-0.2, -0.15) is 5.10 Å². The molecule has 9 nitrogen and oxygen atoms in total.